The first-order valence-corrected chi connectivity index (χ1v) is 7.30. The van der Waals surface area contributed by atoms with Gasteiger partial charge < -0.3 is 10.4 Å². The number of hydrogen-bond donors (Lipinski definition) is 2. The van der Waals surface area contributed by atoms with Crippen LogP contribution in [0.15, 0.2) is 0 Å². The molecule has 2 aliphatic rings. The van der Waals surface area contributed by atoms with Crippen molar-refractivity contribution in [3.8, 4) is 0 Å². The van der Waals surface area contributed by atoms with E-state index in [1.54, 1.807) is 0 Å². The second kappa shape index (κ2) is 5.68. The van der Waals surface area contributed by atoms with E-state index in [1.165, 1.54) is 38.6 Å². The van der Waals surface area contributed by atoms with Gasteiger partial charge in [-0.25, -0.2) is 0 Å². The number of aliphatic hydroxyl groups excluding tert-OH is 1. The first kappa shape index (κ1) is 13.3. The zero-order valence-electron chi connectivity index (χ0n) is 11.4. The van der Waals surface area contributed by atoms with Crippen LogP contribution in [0.2, 0.25) is 0 Å². The van der Waals surface area contributed by atoms with Gasteiger partial charge in [0.1, 0.15) is 0 Å². The molecule has 0 aromatic carbocycles. The highest BCUT2D eigenvalue weighted by Gasteiger charge is 2.40. The first-order valence-electron chi connectivity index (χ1n) is 7.30. The minimum Gasteiger partial charge on any atom is -0.394 e. The van der Waals surface area contributed by atoms with Crippen molar-refractivity contribution >= 4 is 0 Å². The van der Waals surface area contributed by atoms with Gasteiger partial charge in [-0.1, -0.05) is 6.92 Å². The average Bonchev–Trinajstić information content (AvgIpc) is 3.20. The molecule has 17 heavy (non-hydrogen) atoms. The fourth-order valence-electron chi connectivity index (χ4n) is 3.39. The number of rotatable bonds is 6. The molecule has 0 heterocycles. The van der Waals surface area contributed by atoms with E-state index in [4.69, 9.17) is 0 Å². The van der Waals surface area contributed by atoms with Crippen LogP contribution in [0.3, 0.4) is 0 Å². The van der Waals surface area contributed by atoms with E-state index in [0.717, 1.165) is 18.9 Å². The van der Waals surface area contributed by atoms with Crippen molar-refractivity contribution in [2.75, 3.05) is 20.2 Å². The van der Waals surface area contributed by atoms with Crippen molar-refractivity contribution in [1.82, 2.24) is 10.2 Å². The predicted octanol–water partition coefficient (Wildman–Crippen LogP) is 1.75. The largest absolute Gasteiger partial charge is 0.394 e. The molecule has 3 nitrogen and oxygen atoms in total. The highest BCUT2D eigenvalue weighted by atomic mass is 16.3. The minimum absolute atomic E-state index is 0.0101. The van der Waals surface area contributed by atoms with Gasteiger partial charge >= 0.3 is 0 Å². The molecule has 0 spiro atoms. The monoisotopic (exact) mass is 240 g/mol. The lowest BCUT2D eigenvalue weighted by Gasteiger charge is -2.44. The molecule has 3 heteroatoms. The van der Waals surface area contributed by atoms with E-state index in [1.807, 2.05) is 7.05 Å². The fraction of sp³-hybridized carbons (Fsp3) is 1.00. The Hall–Kier alpha value is -0.120. The molecule has 2 saturated carbocycles. The maximum Gasteiger partial charge on any atom is 0.0613 e. The van der Waals surface area contributed by atoms with Gasteiger partial charge in [-0.15, -0.1) is 0 Å². The topological polar surface area (TPSA) is 35.5 Å². The molecule has 2 aliphatic carbocycles. The fourth-order valence-corrected chi connectivity index (χ4v) is 3.39. The smallest absolute Gasteiger partial charge is 0.0613 e. The van der Waals surface area contributed by atoms with Crippen molar-refractivity contribution in [2.24, 2.45) is 0 Å². The van der Waals surface area contributed by atoms with E-state index < -0.39 is 0 Å². The molecule has 0 amide bonds. The molecule has 2 unspecified atom stereocenters. The first-order chi connectivity index (χ1) is 8.24. The Kier molecular flexibility index (Phi) is 4.45. The Morgan fingerprint density at radius 1 is 1.29 bits per heavy atom. The molecule has 0 aromatic rings. The van der Waals surface area contributed by atoms with Crippen LogP contribution in [0.5, 0.6) is 0 Å². The normalized spacial score (nSPS) is 34.2. The van der Waals surface area contributed by atoms with Gasteiger partial charge in [0.15, 0.2) is 0 Å². The molecule has 0 saturated heterocycles. The molecule has 0 aromatic heterocycles. The summed E-state index contributed by atoms with van der Waals surface area (Å²) < 4.78 is 0. The highest BCUT2D eigenvalue weighted by Crippen LogP contribution is 2.36. The number of nitrogens with one attached hydrogen (secondary N) is 1. The lowest BCUT2D eigenvalue weighted by Crippen LogP contribution is -2.55. The summed E-state index contributed by atoms with van der Waals surface area (Å²) in [6.07, 6.45) is 8.85. The molecule has 100 valence electrons. The Labute approximate surface area is 106 Å². The Bertz CT molecular complexity index is 236. The van der Waals surface area contributed by atoms with Gasteiger partial charge in [0, 0.05) is 17.6 Å². The summed E-state index contributed by atoms with van der Waals surface area (Å²) in [5.41, 5.74) is -0.0101. The summed E-state index contributed by atoms with van der Waals surface area (Å²) in [5.74, 6) is 0. The van der Waals surface area contributed by atoms with Gasteiger partial charge in [-0.2, -0.15) is 0 Å². The van der Waals surface area contributed by atoms with Crippen LogP contribution in [0.1, 0.15) is 51.9 Å². The maximum absolute atomic E-state index is 9.64. The Balaban J connectivity index is 1.99. The van der Waals surface area contributed by atoms with Crippen molar-refractivity contribution < 1.29 is 5.11 Å². The summed E-state index contributed by atoms with van der Waals surface area (Å²) in [6, 6.07) is 1.54. The molecule has 0 bridgehead atoms. The second-order valence-corrected chi connectivity index (χ2v) is 5.91. The van der Waals surface area contributed by atoms with Crippen LogP contribution in [0.4, 0.5) is 0 Å². The van der Waals surface area contributed by atoms with Crippen LogP contribution >= 0.6 is 0 Å². The SMILES string of the molecule is CCCN(C1CC1)C1CCCC(CO)(NC)C1. The van der Waals surface area contributed by atoms with Crippen molar-refractivity contribution in [2.45, 2.75) is 69.5 Å². The summed E-state index contributed by atoms with van der Waals surface area (Å²) in [6.45, 7) is 3.79. The van der Waals surface area contributed by atoms with E-state index in [2.05, 4.69) is 17.1 Å². The van der Waals surface area contributed by atoms with Crippen LogP contribution in [0.25, 0.3) is 0 Å². The van der Waals surface area contributed by atoms with Gasteiger partial charge in [-0.05, 0) is 58.5 Å². The molecule has 2 fully saturated rings. The zero-order valence-corrected chi connectivity index (χ0v) is 11.4. The molecular weight excluding hydrogens is 212 g/mol. The van der Waals surface area contributed by atoms with E-state index in [-0.39, 0.29) is 12.1 Å². The number of hydrogen-bond acceptors (Lipinski definition) is 3. The predicted molar refractivity (Wildman–Crippen MR) is 71.2 cm³/mol. The third-order valence-corrected chi connectivity index (χ3v) is 4.62. The quantitative estimate of drug-likeness (QED) is 0.742. The summed E-state index contributed by atoms with van der Waals surface area (Å²) >= 11 is 0. The summed E-state index contributed by atoms with van der Waals surface area (Å²) in [5, 5.41) is 13.0. The third-order valence-electron chi connectivity index (χ3n) is 4.62. The van der Waals surface area contributed by atoms with Gasteiger partial charge in [0.05, 0.1) is 6.61 Å². The molecule has 2 N–H and O–H groups in total. The number of likely N-dealkylation sites (N-methyl/N-ethyl adjacent to an activating group) is 1. The van der Waals surface area contributed by atoms with Crippen molar-refractivity contribution in [1.29, 1.82) is 0 Å². The number of nitrogens with zero attached hydrogens (tertiary/aromatic N) is 1. The zero-order chi connectivity index (χ0) is 12.3. The van der Waals surface area contributed by atoms with E-state index in [9.17, 15) is 5.11 Å². The van der Waals surface area contributed by atoms with E-state index in [0.29, 0.717) is 6.04 Å². The second-order valence-electron chi connectivity index (χ2n) is 5.91. The summed E-state index contributed by atoms with van der Waals surface area (Å²) in [7, 11) is 2.00. The van der Waals surface area contributed by atoms with Gasteiger partial charge in [0.2, 0.25) is 0 Å². The van der Waals surface area contributed by atoms with Crippen LogP contribution in [-0.2, 0) is 0 Å². The van der Waals surface area contributed by atoms with Crippen molar-refractivity contribution in [3.63, 3.8) is 0 Å². The average molecular weight is 240 g/mol. The summed E-state index contributed by atoms with van der Waals surface area (Å²) in [4.78, 5) is 2.72. The van der Waals surface area contributed by atoms with Crippen LogP contribution in [0, 0.1) is 0 Å². The van der Waals surface area contributed by atoms with E-state index >= 15 is 0 Å². The standard InChI is InChI=1S/C14H28N2O/c1-3-9-16(12-6-7-12)13-5-4-8-14(10-13,11-17)15-2/h12-13,15,17H,3-11H2,1-2H3. The molecule has 2 rings (SSSR count). The minimum atomic E-state index is -0.0101. The van der Waals surface area contributed by atoms with Gasteiger partial charge in [0.25, 0.3) is 0 Å². The maximum atomic E-state index is 9.64. The molecule has 2 atom stereocenters. The number of aliphatic hydroxyl groups is 1. The Morgan fingerprint density at radius 2 is 2.06 bits per heavy atom. The molecular formula is C14H28N2O. The van der Waals surface area contributed by atoms with Crippen LogP contribution < -0.4 is 5.32 Å². The van der Waals surface area contributed by atoms with Gasteiger partial charge in [-0.3, -0.25) is 4.90 Å². The van der Waals surface area contributed by atoms with Crippen molar-refractivity contribution in [3.05, 3.63) is 0 Å². The Morgan fingerprint density at radius 3 is 2.59 bits per heavy atom. The molecule has 0 aliphatic heterocycles. The highest BCUT2D eigenvalue weighted by molar-refractivity contribution is 4.98. The lowest BCUT2D eigenvalue weighted by atomic mass is 9.79. The lowest BCUT2D eigenvalue weighted by molar-refractivity contribution is 0.0597. The van der Waals surface area contributed by atoms with Crippen LogP contribution in [-0.4, -0.2) is 47.8 Å². The molecule has 0 radical (unpaired) electrons. The third kappa shape index (κ3) is 3.01.